The Morgan fingerprint density at radius 3 is 2.52 bits per heavy atom. The molecular weight excluding hydrogens is 316 g/mol. The van der Waals surface area contributed by atoms with Gasteiger partial charge in [-0.3, -0.25) is 9.59 Å². The summed E-state index contributed by atoms with van der Waals surface area (Å²) in [6.07, 6.45) is 2.18. The molecule has 2 N–H and O–H groups in total. The van der Waals surface area contributed by atoms with E-state index in [4.69, 9.17) is 0 Å². The Labute approximate surface area is 150 Å². The normalized spacial score (nSPS) is 17.9. The van der Waals surface area contributed by atoms with E-state index in [2.05, 4.69) is 11.4 Å². The molecule has 1 fully saturated rings. The molecule has 0 bridgehead atoms. The van der Waals surface area contributed by atoms with Gasteiger partial charge in [-0.2, -0.15) is 0 Å². The highest BCUT2D eigenvalue weighted by atomic mass is 16.3. The van der Waals surface area contributed by atoms with Gasteiger partial charge in [0.1, 0.15) is 5.92 Å². The Bertz CT molecular complexity index is 620. The standard InChI is InChI=1S/C20H30N2O3/c1-14-10-15(2)12-16(11-14)22-9-6-17(19(22)25)18(24)21-8-5-7-20(3,4)13-23/h10-12,17,23H,5-9,13H2,1-4H3,(H,21,24). The summed E-state index contributed by atoms with van der Waals surface area (Å²) < 4.78 is 0. The third kappa shape index (κ3) is 5.05. The number of hydrogen-bond donors (Lipinski definition) is 2. The fraction of sp³-hybridized carbons (Fsp3) is 0.600. The minimum atomic E-state index is -0.591. The van der Waals surface area contributed by atoms with Gasteiger partial charge in [0.15, 0.2) is 0 Å². The maximum Gasteiger partial charge on any atom is 0.239 e. The molecule has 1 aliphatic heterocycles. The van der Waals surface area contributed by atoms with Gasteiger partial charge >= 0.3 is 0 Å². The van der Waals surface area contributed by atoms with Crippen molar-refractivity contribution in [2.75, 3.05) is 24.6 Å². The SMILES string of the molecule is Cc1cc(C)cc(N2CCC(C(=O)NCCCC(C)(C)CO)C2=O)c1. The van der Waals surface area contributed by atoms with Crippen LogP contribution in [0.1, 0.15) is 44.2 Å². The van der Waals surface area contributed by atoms with Crippen LogP contribution in [0.25, 0.3) is 0 Å². The molecule has 1 unspecified atom stereocenters. The largest absolute Gasteiger partial charge is 0.396 e. The van der Waals surface area contributed by atoms with Crippen LogP contribution in [0.3, 0.4) is 0 Å². The topological polar surface area (TPSA) is 69.6 Å². The van der Waals surface area contributed by atoms with E-state index < -0.39 is 5.92 Å². The predicted octanol–water partition coefficient (Wildman–Crippen LogP) is 2.57. The van der Waals surface area contributed by atoms with Crippen LogP contribution in [0.4, 0.5) is 5.69 Å². The predicted molar refractivity (Wildman–Crippen MR) is 99.5 cm³/mol. The molecule has 0 aromatic heterocycles. The maximum absolute atomic E-state index is 12.6. The lowest BCUT2D eigenvalue weighted by Gasteiger charge is -2.21. The number of benzene rings is 1. The molecular formula is C20H30N2O3. The van der Waals surface area contributed by atoms with Gasteiger partial charge in [0.2, 0.25) is 11.8 Å². The lowest BCUT2D eigenvalue weighted by molar-refractivity contribution is -0.132. The van der Waals surface area contributed by atoms with Crippen LogP contribution in [0.15, 0.2) is 18.2 Å². The first-order valence-corrected chi connectivity index (χ1v) is 9.02. The third-order valence-electron chi connectivity index (χ3n) is 4.80. The molecule has 25 heavy (non-hydrogen) atoms. The first kappa shape index (κ1) is 19.4. The zero-order valence-electron chi connectivity index (χ0n) is 15.8. The summed E-state index contributed by atoms with van der Waals surface area (Å²) >= 11 is 0. The van der Waals surface area contributed by atoms with Crippen LogP contribution in [0, 0.1) is 25.2 Å². The van der Waals surface area contributed by atoms with Gasteiger partial charge in [-0.15, -0.1) is 0 Å². The van der Waals surface area contributed by atoms with Crippen molar-refractivity contribution in [1.29, 1.82) is 0 Å². The molecule has 2 rings (SSSR count). The van der Waals surface area contributed by atoms with E-state index in [-0.39, 0.29) is 23.8 Å². The highest BCUT2D eigenvalue weighted by molar-refractivity contribution is 6.09. The monoisotopic (exact) mass is 346 g/mol. The van der Waals surface area contributed by atoms with E-state index in [1.54, 1.807) is 4.90 Å². The Hall–Kier alpha value is -1.88. The molecule has 5 heteroatoms. The number of nitrogens with zero attached hydrogens (tertiary/aromatic N) is 1. The molecule has 2 amide bonds. The van der Waals surface area contributed by atoms with E-state index >= 15 is 0 Å². The summed E-state index contributed by atoms with van der Waals surface area (Å²) in [5, 5.41) is 12.1. The van der Waals surface area contributed by atoms with Crippen molar-refractivity contribution in [3.63, 3.8) is 0 Å². The number of anilines is 1. The summed E-state index contributed by atoms with van der Waals surface area (Å²) in [6, 6.07) is 6.05. The third-order valence-corrected chi connectivity index (χ3v) is 4.80. The van der Waals surface area contributed by atoms with Gasteiger partial charge in [0.25, 0.3) is 0 Å². The van der Waals surface area contributed by atoms with Gasteiger partial charge in [0.05, 0.1) is 0 Å². The smallest absolute Gasteiger partial charge is 0.239 e. The summed E-state index contributed by atoms with van der Waals surface area (Å²) in [5.41, 5.74) is 2.97. The van der Waals surface area contributed by atoms with Crippen molar-refractivity contribution in [3.05, 3.63) is 29.3 Å². The second-order valence-electron chi connectivity index (χ2n) is 7.89. The fourth-order valence-electron chi connectivity index (χ4n) is 3.27. The molecule has 1 aromatic rings. The highest BCUT2D eigenvalue weighted by Crippen LogP contribution is 2.27. The van der Waals surface area contributed by atoms with Gasteiger partial charge in [-0.1, -0.05) is 19.9 Å². The molecule has 0 spiro atoms. The zero-order chi connectivity index (χ0) is 18.6. The van der Waals surface area contributed by atoms with E-state index in [0.717, 1.165) is 29.7 Å². The Kier molecular flexibility index (Phi) is 6.22. The fourth-order valence-corrected chi connectivity index (χ4v) is 3.27. The molecule has 1 atom stereocenters. The Morgan fingerprint density at radius 2 is 1.92 bits per heavy atom. The number of rotatable bonds is 7. The second-order valence-corrected chi connectivity index (χ2v) is 7.89. The lowest BCUT2D eigenvalue weighted by atomic mass is 9.89. The van der Waals surface area contributed by atoms with E-state index in [1.807, 2.05) is 39.8 Å². The zero-order valence-corrected chi connectivity index (χ0v) is 15.8. The number of hydrogen-bond acceptors (Lipinski definition) is 3. The minimum Gasteiger partial charge on any atom is -0.396 e. The molecule has 0 saturated carbocycles. The van der Waals surface area contributed by atoms with Gasteiger partial charge in [0, 0.05) is 25.4 Å². The highest BCUT2D eigenvalue weighted by Gasteiger charge is 2.37. The number of aliphatic hydroxyl groups is 1. The van der Waals surface area contributed by atoms with Crippen LogP contribution in [0.5, 0.6) is 0 Å². The number of carbonyl (C=O) groups excluding carboxylic acids is 2. The quantitative estimate of drug-likeness (QED) is 0.589. The van der Waals surface area contributed by atoms with Gasteiger partial charge in [-0.05, 0) is 61.8 Å². The van der Waals surface area contributed by atoms with Crippen LogP contribution in [-0.2, 0) is 9.59 Å². The molecule has 1 aromatic carbocycles. The molecule has 5 nitrogen and oxygen atoms in total. The van der Waals surface area contributed by atoms with Crippen molar-refractivity contribution in [1.82, 2.24) is 5.32 Å². The molecule has 1 aliphatic rings. The van der Waals surface area contributed by atoms with Gasteiger partial charge < -0.3 is 15.3 Å². The van der Waals surface area contributed by atoms with Crippen LogP contribution < -0.4 is 10.2 Å². The maximum atomic E-state index is 12.6. The number of aliphatic hydroxyl groups excluding tert-OH is 1. The van der Waals surface area contributed by atoms with Crippen LogP contribution >= 0.6 is 0 Å². The first-order chi connectivity index (χ1) is 11.7. The summed E-state index contributed by atoms with van der Waals surface area (Å²) in [4.78, 5) is 26.7. The molecule has 0 aliphatic carbocycles. The molecule has 138 valence electrons. The van der Waals surface area contributed by atoms with Gasteiger partial charge in [-0.25, -0.2) is 0 Å². The number of carbonyl (C=O) groups is 2. The second kappa shape index (κ2) is 8.00. The van der Waals surface area contributed by atoms with Crippen LogP contribution in [-0.4, -0.2) is 36.6 Å². The van der Waals surface area contributed by atoms with Crippen molar-refractivity contribution >= 4 is 17.5 Å². The van der Waals surface area contributed by atoms with Crippen LogP contribution in [0.2, 0.25) is 0 Å². The molecule has 1 saturated heterocycles. The van der Waals surface area contributed by atoms with E-state index in [1.165, 1.54) is 0 Å². The molecule has 0 radical (unpaired) electrons. The molecule has 1 heterocycles. The summed E-state index contributed by atoms with van der Waals surface area (Å²) in [5.74, 6) is -0.886. The number of nitrogens with one attached hydrogen (secondary N) is 1. The van der Waals surface area contributed by atoms with Crippen molar-refractivity contribution in [3.8, 4) is 0 Å². The van der Waals surface area contributed by atoms with E-state index in [0.29, 0.717) is 19.5 Å². The number of amides is 2. The average molecular weight is 346 g/mol. The van der Waals surface area contributed by atoms with Crippen molar-refractivity contribution in [2.24, 2.45) is 11.3 Å². The Morgan fingerprint density at radius 1 is 1.28 bits per heavy atom. The number of aryl methyl sites for hydroxylation is 2. The minimum absolute atomic E-state index is 0.113. The average Bonchev–Trinajstić information content (AvgIpc) is 2.92. The van der Waals surface area contributed by atoms with E-state index in [9.17, 15) is 14.7 Å². The Balaban J connectivity index is 1.89. The van der Waals surface area contributed by atoms with Crippen molar-refractivity contribution in [2.45, 2.75) is 47.0 Å². The first-order valence-electron chi connectivity index (χ1n) is 9.02. The summed E-state index contributed by atoms with van der Waals surface area (Å²) in [6.45, 7) is 9.26. The summed E-state index contributed by atoms with van der Waals surface area (Å²) in [7, 11) is 0. The van der Waals surface area contributed by atoms with Crippen molar-refractivity contribution < 1.29 is 14.7 Å². The lowest BCUT2D eigenvalue weighted by Crippen LogP contribution is -2.37.